The second-order valence-corrected chi connectivity index (χ2v) is 3.31. The summed E-state index contributed by atoms with van der Waals surface area (Å²) < 4.78 is 0. The Morgan fingerprint density at radius 2 is 2.06 bits per heavy atom. The van der Waals surface area contributed by atoms with Crippen LogP contribution in [0.15, 0.2) is 31.0 Å². The number of rotatable bonds is 4. The molecule has 0 aromatic carbocycles. The molecule has 2 aromatic heterocycles. The van der Waals surface area contributed by atoms with E-state index in [1.165, 1.54) is 6.33 Å². The van der Waals surface area contributed by atoms with Gasteiger partial charge in [-0.2, -0.15) is 0 Å². The number of anilines is 1. The van der Waals surface area contributed by atoms with E-state index in [9.17, 15) is 0 Å². The summed E-state index contributed by atoms with van der Waals surface area (Å²) >= 11 is 0. The summed E-state index contributed by atoms with van der Waals surface area (Å²) in [4.78, 5) is 16.5. The zero-order valence-corrected chi connectivity index (χ0v) is 9.09. The highest BCUT2D eigenvalue weighted by Gasteiger charge is 2.02. The van der Waals surface area contributed by atoms with Gasteiger partial charge in [-0.05, 0) is 6.42 Å². The van der Waals surface area contributed by atoms with Crippen LogP contribution in [0, 0.1) is 0 Å². The molecule has 0 aliphatic rings. The molecule has 0 unspecified atom stereocenters. The molecule has 16 heavy (non-hydrogen) atoms. The van der Waals surface area contributed by atoms with Gasteiger partial charge in [-0.1, -0.05) is 6.92 Å². The Hall–Kier alpha value is -2.04. The van der Waals surface area contributed by atoms with Crippen molar-refractivity contribution >= 4 is 5.82 Å². The summed E-state index contributed by atoms with van der Waals surface area (Å²) in [5.74, 6) is 0.817. The van der Waals surface area contributed by atoms with Crippen LogP contribution < -0.4 is 5.32 Å². The van der Waals surface area contributed by atoms with Crippen molar-refractivity contribution < 1.29 is 0 Å². The molecule has 0 atom stereocenters. The molecule has 5 heteroatoms. The summed E-state index contributed by atoms with van der Waals surface area (Å²) in [6.07, 6.45) is 7.57. The van der Waals surface area contributed by atoms with E-state index in [2.05, 4.69) is 32.2 Å². The Bertz CT molecular complexity index is 443. The second-order valence-electron chi connectivity index (χ2n) is 3.31. The minimum absolute atomic E-state index is 0.754. The van der Waals surface area contributed by atoms with Crippen LogP contribution in [-0.4, -0.2) is 26.5 Å². The van der Waals surface area contributed by atoms with Crippen LogP contribution in [0.3, 0.4) is 0 Å². The van der Waals surface area contributed by atoms with Crippen LogP contribution in [0.5, 0.6) is 0 Å². The summed E-state index contributed by atoms with van der Waals surface area (Å²) in [7, 11) is 0. The summed E-state index contributed by atoms with van der Waals surface area (Å²) in [5, 5.41) is 3.21. The van der Waals surface area contributed by atoms with Gasteiger partial charge in [-0.25, -0.2) is 9.97 Å². The Kier molecular flexibility index (Phi) is 3.38. The lowest BCUT2D eigenvalue weighted by Crippen LogP contribution is -2.02. The summed E-state index contributed by atoms with van der Waals surface area (Å²) in [5.41, 5.74) is 1.53. The van der Waals surface area contributed by atoms with Gasteiger partial charge >= 0.3 is 0 Å². The van der Waals surface area contributed by atoms with Crippen molar-refractivity contribution in [1.82, 2.24) is 19.9 Å². The molecular formula is C11H13N5. The maximum atomic E-state index is 4.19. The average molecular weight is 215 g/mol. The van der Waals surface area contributed by atoms with Crippen LogP contribution >= 0.6 is 0 Å². The Balaban J connectivity index is 2.22. The van der Waals surface area contributed by atoms with E-state index >= 15 is 0 Å². The molecule has 1 N–H and O–H groups in total. The number of aromatic nitrogens is 4. The Labute approximate surface area is 94.0 Å². The molecule has 0 amide bonds. The zero-order valence-electron chi connectivity index (χ0n) is 9.09. The SMILES string of the molecule is CCCNc1cc(-c2cnccn2)ncn1. The average Bonchev–Trinajstić information content (AvgIpc) is 2.38. The summed E-state index contributed by atoms with van der Waals surface area (Å²) in [6.45, 7) is 3.01. The third-order valence-corrected chi connectivity index (χ3v) is 2.05. The van der Waals surface area contributed by atoms with Crippen molar-refractivity contribution in [3.05, 3.63) is 31.0 Å². The van der Waals surface area contributed by atoms with E-state index in [0.29, 0.717) is 0 Å². The van der Waals surface area contributed by atoms with E-state index in [0.717, 1.165) is 30.2 Å². The highest BCUT2D eigenvalue weighted by molar-refractivity contribution is 5.56. The molecule has 2 rings (SSSR count). The fourth-order valence-electron chi connectivity index (χ4n) is 1.28. The molecule has 0 saturated heterocycles. The molecule has 0 bridgehead atoms. The largest absolute Gasteiger partial charge is 0.370 e. The lowest BCUT2D eigenvalue weighted by molar-refractivity contribution is 0.964. The van der Waals surface area contributed by atoms with Crippen LogP contribution in [-0.2, 0) is 0 Å². The first kappa shape index (κ1) is 10.5. The van der Waals surface area contributed by atoms with Crippen molar-refractivity contribution in [3.8, 4) is 11.4 Å². The maximum Gasteiger partial charge on any atom is 0.130 e. The number of nitrogens with one attached hydrogen (secondary N) is 1. The summed E-state index contributed by atoms with van der Waals surface area (Å²) in [6, 6.07) is 1.87. The van der Waals surface area contributed by atoms with E-state index < -0.39 is 0 Å². The monoisotopic (exact) mass is 215 g/mol. The van der Waals surface area contributed by atoms with Crippen LogP contribution in [0.1, 0.15) is 13.3 Å². The van der Waals surface area contributed by atoms with Gasteiger partial charge in [0, 0.05) is 25.0 Å². The maximum absolute atomic E-state index is 4.19. The molecule has 0 radical (unpaired) electrons. The van der Waals surface area contributed by atoms with Crippen molar-refractivity contribution in [2.45, 2.75) is 13.3 Å². The predicted octanol–water partition coefficient (Wildman–Crippen LogP) is 1.76. The third kappa shape index (κ3) is 2.50. The molecule has 5 nitrogen and oxygen atoms in total. The van der Waals surface area contributed by atoms with Gasteiger partial charge in [-0.3, -0.25) is 9.97 Å². The van der Waals surface area contributed by atoms with Crippen molar-refractivity contribution in [3.63, 3.8) is 0 Å². The first-order chi connectivity index (χ1) is 7.90. The van der Waals surface area contributed by atoms with Crippen molar-refractivity contribution in [2.24, 2.45) is 0 Å². The lowest BCUT2D eigenvalue weighted by Gasteiger charge is -2.04. The van der Waals surface area contributed by atoms with Crippen LogP contribution in [0.4, 0.5) is 5.82 Å². The zero-order chi connectivity index (χ0) is 11.2. The number of hydrogen-bond donors (Lipinski definition) is 1. The first-order valence-electron chi connectivity index (χ1n) is 5.22. The van der Waals surface area contributed by atoms with E-state index in [1.807, 2.05) is 6.07 Å². The van der Waals surface area contributed by atoms with E-state index in [-0.39, 0.29) is 0 Å². The Morgan fingerprint density at radius 3 is 2.81 bits per heavy atom. The van der Waals surface area contributed by atoms with Gasteiger partial charge in [0.05, 0.1) is 11.9 Å². The molecule has 82 valence electrons. The molecule has 0 fully saturated rings. The van der Waals surface area contributed by atoms with Gasteiger partial charge < -0.3 is 5.32 Å². The minimum Gasteiger partial charge on any atom is -0.370 e. The van der Waals surface area contributed by atoms with Crippen LogP contribution in [0.2, 0.25) is 0 Å². The van der Waals surface area contributed by atoms with Gasteiger partial charge in [0.2, 0.25) is 0 Å². The Morgan fingerprint density at radius 1 is 1.12 bits per heavy atom. The lowest BCUT2D eigenvalue weighted by atomic mass is 10.3. The molecule has 0 aliphatic heterocycles. The third-order valence-electron chi connectivity index (χ3n) is 2.05. The quantitative estimate of drug-likeness (QED) is 0.841. The number of hydrogen-bond acceptors (Lipinski definition) is 5. The molecule has 0 aliphatic carbocycles. The van der Waals surface area contributed by atoms with Crippen molar-refractivity contribution in [1.29, 1.82) is 0 Å². The molecule has 2 aromatic rings. The minimum atomic E-state index is 0.754. The van der Waals surface area contributed by atoms with Crippen molar-refractivity contribution in [2.75, 3.05) is 11.9 Å². The standard InChI is InChI=1S/C11H13N5/c1-2-3-14-11-6-9(15-8-16-11)10-7-12-4-5-13-10/h4-8H,2-3H2,1H3,(H,14,15,16). The fourth-order valence-corrected chi connectivity index (χ4v) is 1.28. The highest BCUT2D eigenvalue weighted by atomic mass is 15.0. The van der Waals surface area contributed by atoms with Crippen LogP contribution in [0.25, 0.3) is 11.4 Å². The fraction of sp³-hybridized carbons (Fsp3) is 0.273. The topological polar surface area (TPSA) is 63.6 Å². The van der Waals surface area contributed by atoms with Gasteiger partial charge in [0.15, 0.2) is 0 Å². The predicted molar refractivity (Wildman–Crippen MR) is 61.8 cm³/mol. The van der Waals surface area contributed by atoms with E-state index in [1.54, 1.807) is 18.6 Å². The molecule has 2 heterocycles. The highest BCUT2D eigenvalue weighted by Crippen LogP contribution is 2.14. The van der Waals surface area contributed by atoms with Gasteiger partial charge in [0.1, 0.15) is 17.8 Å². The second kappa shape index (κ2) is 5.16. The molecular weight excluding hydrogens is 202 g/mol. The molecule has 0 saturated carbocycles. The van der Waals surface area contributed by atoms with E-state index in [4.69, 9.17) is 0 Å². The number of nitrogens with zero attached hydrogens (tertiary/aromatic N) is 4. The smallest absolute Gasteiger partial charge is 0.130 e. The first-order valence-corrected chi connectivity index (χ1v) is 5.22. The normalized spacial score (nSPS) is 10.1. The molecule has 0 spiro atoms. The van der Waals surface area contributed by atoms with Gasteiger partial charge in [0.25, 0.3) is 0 Å². The van der Waals surface area contributed by atoms with Gasteiger partial charge in [-0.15, -0.1) is 0 Å².